The maximum atomic E-state index is 13.2. The molecule has 0 atom stereocenters. The zero-order valence-electron chi connectivity index (χ0n) is 13.8. The predicted molar refractivity (Wildman–Crippen MR) is 92.8 cm³/mol. The van der Waals surface area contributed by atoms with E-state index in [2.05, 4.69) is 11.9 Å². The molecule has 2 aromatic rings. The summed E-state index contributed by atoms with van der Waals surface area (Å²) in [6.07, 6.45) is 3.19. The molecule has 130 valence electrons. The van der Waals surface area contributed by atoms with Gasteiger partial charge in [0.05, 0.1) is 17.7 Å². The SMILES string of the molecule is CN1CCC(N(Cc2ccco2)S(=O)(=O)c2ccc(N)cc2)CC1. The van der Waals surface area contributed by atoms with Crippen molar-refractivity contribution in [3.8, 4) is 0 Å². The smallest absolute Gasteiger partial charge is 0.243 e. The summed E-state index contributed by atoms with van der Waals surface area (Å²) in [5, 5.41) is 0. The van der Waals surface area contributed by atoms with Crippen molar-refractivity contribution < 1.29 is 12.8 Å². The van der Waals surface area contributed by atoms with Crippen LogP contribution in [0.3, 0.4) is 0 Å². The Labute approximate surface area is 142 Å². The fraction of sp³-hybridized carbons (Fsp3) is 0.412. The van der Waals surface area contributed by atoms with Crippen molar-refractivity contribution in [1.29, 1.82) is 0 Å². The lowest BCUT2D eigenvalue weighted by Gasteiger charge is -2.36. The summed E-state index contributed by atoms with van der Waals surface area (Å²) in [7, 11) is -1.55. The first-order chi connectivity index (χ1) is 11.5. The van der Waals surface area contributed by atoms with Gasteiger partial charge in [0.15, 0.2) is 0 Å². The van der Waals surface area contributed by atoms with E-state index in [9.17, 15) is 8.42 Å². The molecule has 0 saturated carbocycles. The summed E-state index contributed by atoms with van der Waals surface area (Å²) in [4.78, 5) is 2.49. The summed E-state index contributed by atoms with van der Waals surface area (Å²) >= 11 is 0. The first-order valence-corrected chi connectivity index (χ1v) is 9.49. The lowest BCUT2D eigenvalue weighted by molar-refractivity contribution is 0.173. The van der Waals surface area contributed by atoms with Gasteiger partial charge in [0.1, 0.15) is 5.76 Å². The van der Waals surface area contributed by atoms with Crippen LogP contribution in [-0.2, 0) is 16.6 Å². The summed E-state index contributed by atoms with van der Waals surface area (Å²) in [6.45, 7) is 2.02. The zero-order chi connectivity index (χ0) is 17.2. The number of sulfonamides is 1. The Morgan fingerprint density at radius 1 is 1.21 bits per heavy atom. The number of nitrogens with two attached hydrogens (primary N) is 1. The number of hydrogen-bond donors (Lipinski definition) is 1. The highest BCUT2D eigenvalue weighted by Crippen LogP contribution is 2.26. The molecular formula is C17H23N3O3S. The Balaban J connectivity index is 1.92. The van der Waals surface area contributed by atoms with E-state index in [1.54, 1.807) is 47.0 Å². The van der Waals surface area contributed by atoms with Gasteiger partial charge in [-0.3, -0.25) is 0 Å². The molecule has 6 nitrogen and oxygen atoms in total. The number of nitrogens with zero attached hydrogens (tertiary/aromatic N) is 2. The third-order valence-corrected chi connectivity index (χ3v) is 6.39. The minimum absolute atomic E-state index is 0.0335. The minimum atomic E-state index is -3.61. The molecule has 1 aromatic carbocycles. The van der Waals surface area contributed by atoms with Gasteiger partial charge in [-0.25, -0.2) is 8.42 Å². The highest BCUT2D eigenvalue weighted by Gasteiger charge is 2.33. The summed E-state index contributed by atoms with van der Waals surface area (Å²) in [6, 6.07) is 9.91. The van der Waals surface area contributed by atoms with Crippen molar-refractivity contribution in [3.63, 3.8) is 0 Å². The molecule has 0 aliphatic carbocycles. The van der Waals surface area contributed by atoms with E-state index in [4.69, 9.17) is 10.2 Å². The molecule has 0 bridgehead atoms. The Kier molecular flexibility index (Phi) is 4.93. The van der Waals surface area contributed by atoms with Crippen LogP contribution in [0.25, 0.3) is 0 Å². The van der Waals surface area contributed by atoms with Crippen molar-refractivity contribution in [2.45, 2.75) is 30.3 Å². The lowest BCUT2D eigenvalue weighted by Crippen LogP contribution is -2.46. The molecule has 1 aliphatic heterocycles. The molecule has 1 saturated heterocycles. The van der Waals surface area contributed by atoms with Gasteiger partial charge in [-0.1, -0.05) is 0 Å². The molecule has 1 fully saturated rings. The van der Waals surface area contributed by atoms with Crippen molar-refractivity contribution in [1.82, 2.24) is 9.21 Å². The average molecular weight is 349 g/mol. The average Bonchev–Trinajstić information content (AvgIpc) is 3.07. The second-order valence-electron chi connectivity index (χ2n) is 6.23. The van der Waals surface area contributed by atoms with Crippen LogP contribution in [0.4, 0.5) is 5.69 Å². The molecule has 24 heavy (non-hydrogen) atoms. The van der Waals surface area contributed by atoms with Gasteiger partial charge in [-0.15, -0.1) is 0 Å². The van der Waals surface area contributed by atoms with Gasteiger partial charge in [0.25, 0.3) is 0 Å². The third kappa shape index (κ3) is 3.63. The van der Waals surface area contributed by atoms with Crippen LogP contribution in [0, 0.1) is 0 Å². The molecule has 2 heterocycles. The molecular weight excluding hydrogens is 326 g/mol. The summed E-state index contributed by atoms with van der Waals surface area (Å²) < 4.78 is 33.3. The van der Waals surface area contributed by atoms with Gasteiger partial charge in [-0.05, 0) is 69.4 Å². The van der Waals surface area contributed by atoms with E-state index in [1.165, 1.54) is 0 Å². The predicted octanol–water partition coefficient (Wildman–Crippen LogP) is 2.15. The minimum Gasteiger partial charge on any atom is -0.468 e. The van der Waals surface area contributed by atoms with Crippen LogP contribution in [0.2, 0.25) is 0 Å². The monoisotopic (exact) mass is 349 g/mol. The maximum Gasteiger partial charge on any atom is 0.243 e. The molecule has 0 unspecified atom stereocenters. The van der Waals surface area contributed by atoms with Crippen molar-refractivity contribution >= 4 is 15.7 Å². The highest BCUT2D eigenvalue weighted by atomic mass is 32.2. The Bertz CT molecular complexity index is 749. The van der Waals surface area contributed by atoms with E-state index >= 15 is 0 Å². The fourth-order valence-electron chi connectivity index (χ4n) is 3.02. The van der Waals surface area contributed by atoms with E-state index in [0.717, 1.165) is 25.9 Å². The number of hydrogen-bond acceptors (Lipinski definition) is 5. The van der Waals surface area contributed by atoms with Gasteiger partial charge < -0.3 is 15.1 Å². The number of furan rings is 1. The molecule has 0 radical (unpaired) electrons. The number of rotatable bonds is 5. The van der Waals surface area contributed by atoms with E-state index in [0.29, 0.717) is 11.4 Å². The lowest BCUT2D eigenvalue weighted by atomic mass is 10.1. The van der Waals surface area contributed by atoms with Crippen molar-refractivity contribution in [2.24, 2.45) is 0 Å². The van der Waals surface area contributed by atoms with Crippen LogP contribution in [-0.4, -0.2) is 43.8 Å². The molecule has 1 aliphatic rings. The third-order valence-electron chi connectivity index (χ3n) is 4.47. The van der Waals surface area contributed by atoms with E-state index < -0.39 is 10.0 Å². The Hall–Kier alpha value is -1.83. The summed E-state index contributed by atoms with van der Waals surface area (Å²) in [5.41, 5.74) is 6.23. The van der Waals surface area contributed by atoms with Crippen molar-refractivity contribution in [2.75, 3.05) is 25.9 Å². The number of likely N-dealkylation sites (tertiary alicyclic amines) is 1. The van der Waals surface area contributed by atoms with Crippen LogP contribution < -0.4 is 5.73 Å². The Morgan fingerprint density at radius 3 is 2.46 bits per heavy atom. The van der Waals surface area contributed by atoms with Gasteiger partial charge in [-0.2, -0.15) is 4.31 Å². The van der Waals surface area contributed by atoms with Crippen LogP contribution >= 0.6 is 0 Å². The molecule has 2 N–H and O–H groups in total. The highest BCUT2D eigenvalue weighted by molar-refractivity contribution is 7.89. The first kappa shape index (κ1) is 17.0. The molecule has 3 rings (SSSR count). The number of anilines is 1. The van der Waals surface area contributed by atoms with Gasteiger partial charge in [0, 0.05) is 11.7 Å². The van der Waals surface area contributed by atoms with Gasteiger partial charge >= 0.3 is 0 Å². The fourth-order valence-corrected chi connectivity index (χ4v) is 4.68. The maximum absolute atomic E-state index is 13.2. The van der Waals surface area contributed by atoms with Crippen LogP contribution in [0.5, 0.6) is 0 Å². The molecule has 0 amide bonds. The largest absolute Gasteiger partial charge is 0.468 e. The molecule has 0 spiro atoms. The quantitative estimate of drug-likeness (QED) is 0.837. The van der Waals surface area contributed by atoms with E-state index in [1.807, 2.05) is 0 Å². The number of benzene rings is 1. The van der Waals surface area contributed by atoms with Gasteiger partial charge in [0.2, 0.25) is 10.0 Å². The van der Waals surface area contributed by atoms with Crippen molar-refractivity contribution in [3.05, 3.63) is 48.4 Å². The zero-order valence-corrected chi connectivity index (χ0v) is 14.6. The number of nitrogen functional groups attached to an aromatic ring is 1. The second-order valence-corrected chi connectivity index (χ2v) is 8.12. The van der Waals surface area contributed by atoms with E-state index in [-0.39, 0.29) is 17.5 Å². The molecule has 7 heteroatoms. The normalized spacial score (nSPS) is 17.4. The molecule has 1 aromatic heterocycles. The number of piperidine rings is 1. The topological polar surface area (TPSA) is 79.8 Å². The standard InChI is InChI=1S/C17H23N3O3S/c1-19-10-8-15(9-11-19)20(13-16-3-2-12-23-16)24(21,22)17-6-4-14(18)5-7-17/h2-7,12,15H,8-11,13,18H2,1H3. The Morgan fingerprint density at radius 2 is 1.88 bits per heavy atom. The van der Waals surface area contributed by atoms with Crippen LogP contribution in [0.15, 0.2) is 52.0 Å². The second kappa shape index (κ2) is 6.96. The first-order valence-electron chi connectivity index (χ1n) is 8.05. The van der Waals surface area contributed by atoms with Crippen LogP contribution in [0.1, 0.15) is 18.6 Å². The summed E-state index contributed by atoms with van der Waals surface area (Å²) in [5.74, 6) is 0.646.